The second kappa shape index (κ2) is 7.54. The number of rotatable bonds is 4. The molecule has 0 bridgehead atoms. The average Bonchev–Trinajstić information content (AvgIpc) is 2.76. The van der Waals surface area contributed by atoms with Crippen LogP contribution in [0.1, 0.15) is 41.5 Å². The molecule has 0 saturated carbocycles. The van der Waals surface area contributed by atoms with Crippen molar-refractivity contribution in [3.8, 4) is 0 Å². The fourth-order valence-electron chi connectivity index (χ4n) is 2.33. The molecule has 1 aliphatic heterocycles. The van der Waals surface area contributed by atoms with Crippen molar-refractivity contribution < 1.29 is 14.0 Å². The predicted molar refractivity (Wildman–Crippen MR) is 111 cm³/mol. The molecule has 1 rings (SSSR count). The van der Waals surface area contributed by atoms with Crippen LogP contribution in [0.25, 0.3) is 0 Å². The van der Waals surface area contributed by atoms with Gasteiger partial charge in [-0.2, -0.15) is 0 Å². The fraction of sp³-hybridized carbons (Fsp3) is 0.842. The predicted octanol–water partition coefficient (Wildman–Crippen LogP) is 5.43. The zero-order valence-electron chi connectivity index (χ0n) is 18.2. The zero-order chi connectivity index (χ0) is 19.8. The van der Waals surface area contributed by atoms with E-state index in [4.69, 9.17) is 9.16 Å². The number of carbonyl (C=O) groups excluding carboxylic acids is 1. The van der Waals surface area contributed by atoms with Gasteiger partial charge in [-0.25, -0.2) is 0 Å². The van der Waals surface area contributed by atoms with Crippen molar-refractivity contribution in [3.05, 3.63) is 9.67 Å². The summed E-state index contributed by atoms with van der Waals surface area (Å²) in [5, 5.41) is 0.165. The third-order valence-corrected chi connectivity index (χ3v) is 16.1. The molecule has 1 amide bonds. The summed E-state index contributed by atoms with van der Waals surface area (Å²) in [5.41, 5.74) is -0.477. The van der Waals surface area contributed by atoms with Crippen LogP contribution in [-0.2, 0) is 9.16 Å². The molecule has 4 nitrogen and oxygen atoms in total. The summed E-state index contributed by atoms with van der Waals surface area (Å²) < 4.78 is 13.5. The van der Waals surface area contributed by atoms with Crippen LogP contribution in [-0.4, -0.2) is 62.5 Å². The quantitative estimate of drug-likeness (QED) is 0.508. The monoisotopic (exact) mass is 477 g/mol. The Morgan fingerprint density at radius 3 is 2.12 bits per heavy atom. The van der Waals surface area contributed by atoms with E-state index in [0.717, 1.165) is 0 Å². The second-order valence-corrected chi connectivity index (χ2v) is 30.2. The Hall–Kier alpha value is -0.0144. The van der Waals surface area contributed by atoms with E-state index < -0.39 is 32.3 Å². The summed E-state index contributed by atoms with van der Waals surface area (Å²) in [6, 6.07) is -0.00472. The molecule has 0 aromatic rings. The molecule has 1 unspecified atom stereocenters. The first-order chi connectivity index (χ1) is 10.9. The molecule has 0 aliphatic carbocycles. The molecule has 25 heavy (non-hydrogen) atoms. The molecule has 1 heterocycles. The number of hydrogen-bond donors (Lipinski definition) is 0. The molecular weight excluding hydrogens is 437 g/mol. The third-order valence-electron chi connectivity index (χ3n) is 5.15. The summed E-state index contributed by atoms with van der Waals surface area (Å²) >= 11 is -2.22. The maximum atomic E-state index is 12.7. The second-order valence-electron chi connectivity index (χ2n) is 10.7. The van der Waals surface area contributed by atoms with Crippen molar-refractivity contribution in [1.29, 1.82) is 0 Å². The minimum absolute atomic E-state index is 0.00472. The Morgan fingerprint density at radius 2 is 1.72 bits per heavy atom. The Labute approximate surface area is 160 Å². The van der Waals surface area contributed by atoms with Gasteiger partial charge >= 0.3 is 161 Å². The van der Waals surface area contributed by atoms with Crippen molar-refractivity contribution >= 4 is 32.8 Å². The number of ether oxygens (including phenoxy) is 1. The van der Waals surface area contributed by atoms with E-state index in [1.807, 2.05) is 25.7 Å². The molecule has 0 aromatic carbocycles. The SMILES string of the molecule is CC(C)(C)OC(=O)N1C[C]([Sn]([CH3])([CH3])[CH3])=CC1CO[Si](C)(C)C(C)(C)C. The van der Waals surface area contributed by atoms with E-state index in [0.29, 0.717) is 13.2 Å². The number of hydrogen-bond acceptors (Lipinski definition) is 3. The average molecular weight is 476 g/mol. The van der Waals surface area contributed by atoms with Crippen molar-refractivity contribution in [2.75, 3.05) is 13.2 Å². The van der Waals surface area contributed by atoms with Crippen molar-refractivity contribution in [2.24, 2.45) is 0 Å². The molecule has 0 fully saturated rings. The van der Waals surface area contributed by atoms with Crippen molar-refractivity contribution in [3.63, 3.8) is 0 Å². The van der Waals surface area contributed by atoms with Crippen LogP contribution in [0.5, 0.6) is 0 Å². The topological polar surface area (TPSA) is 38.8 Å². The molecule has 0 radical (unpaired) electrons. The molecule has 0 spiro atoms. The fourth-order valence-corrected chi connectivity index (χ4v) is 7.17. The van der Waals surface area contributed by atoms with Gasteiger partial charge in [0, 0.05) is 0 Å². The van der Waals surface area contributed by atoms with Crippen LogP contribution in [0, 0.1) is 0 Å². The Kier molecular flexibility index (Phi) is 6.95. The van der Waals surface area contributed by atoms with Crippen molar-refractivity contribution in [1.82, 2.24) is 4.90 Å². The van der Waals surface area contributed by atoms with Gasteiger partial charge in [0.05, 0.1) is 0 Å². The maximum absolute atomic E-state index is 12.7. The van der Waals surface area contributed by atoms with Crippen LogP contribution in [0.3, 0.4) is 0 Å². The molecule has 146 valence electrons. The number of amides is 1. The molecule has 1 atom stereocenters. The van der Waals surface area contributed by atoms with Gasteiger partial charge in [0.2, 0.25) is 0 Å². The van der Waals surface area contributed by atoms with Gasteiger partial charge < -0.3 is 0 Å². The first kappa shape index (κ1) is 23.0. The van der Waals surface area contributed by atoms with E-state index >= 15 is 0 Å². The van der Waals surface area contributed by atoms with E-state index in [9.17, 15) is 4.79 Å². The van der Waals surface area contributed by atoms with Gasteiger partial charge in [0.1, 0.15) is 0 Å². The van der Waals surface area contributed by atoms with Crippen LogP contribution < -0.4 is 0 Å². The molecule has 6 heteroatoms. The van der Waals surface area contributed by atoms with Gasteiger partial charge in [-0.05, 0) is 0 Å². The first-order valence-corrected chi connectivity index (χ1v) is 22.2. The first-order valence-electron chi connectivity index (χ1n) is 9.29. The summed E-state index contributed by atoms with van der Waals surface area (Å²) in [6.07, 6.45) is 2.07. The molecule has 0 aromatic heterocycles. The Bertz CT molecular complexity index is 524. The Morgan fingerprint density at radius 1 is 1.20 bits per heavy atom. The molecule has 0 N–H and O–H groups in total. The molecule has 0 saturated heterocycles. The number of nitrogens with zero attached hydrogens (tertiary/aromatic N) is 1. The summed E-state index contributed by atoms with van der Waals surface area (Å²) in [5.74, 6) is 0. The summed E-state index contributed by atoms with van der Waals surface area (Å²) in [7, 11) is -1.84. The van der Waals surface area contributed by atoms with Gasteiger partial charge in [-0.3, -0.25) is 0 Å². The van der Waals surface area contributed by atoms with E-state index in [1.165, 1.54) is 3.59 Å². The van der Waals surface area contributed by atoms with E-state index in [-0.39, 0.29) is 17.2 Å². The standard InChI is InChI=1S/C16H30NO3Si.3CH3.Sn/c1-15(2,3)20-14(18)17-11-9-10-13(17)12-19-21(7,8)16(4,5)6;;;;/h10,13H,11-12H2,1-8H3;3*1H3;. The summed E-state index contributed by atoms with van der Waals surface area (Å²) in [4.78, 5) is 21.8. The Balaban J connectivity index is 2.96. The minimum atomic E-state index is -2.22. The van der Waals surface area contributed by atoms with Crippen LogP contribution >= 0.6 is 0 Å². The van der Waals surface area contributed by atoms with Gasteiger partial charge in [0.25, 0.3) is 0 Å². The van der Waals surface area contributed by atoms with Crippen LogP contribution in [0.15, 0.2) is 9.67 Å². The van der Waals surface area contributed by atoms with Crippen LogP contribution in [0.2, 0.25) is 33.0 Å². The van der Waals surface area contributed by atoms with Crippen LogP contribution in [0.4, 0.5) is 4.79 Å². The third kappa shape index (κ3) is 6.58. The van der Waals surface area contributed by atoms with E-state index in [1.54, 1.807) is 0 Å². The van der Waals surface area contributed by atoms with Gasteiger partial charge in [-0.15, -0.1) is 0 Å². The normalized spacial score (nSPS) is 19.9. The van der Waals surface area contributed by atoms with E-state index in [2.05, 4.69) is 54.8 Å². The molecule has 1 aliphatic rings. The van der Waals surface area contributed by atoms with Gasteiger partial charge in [0.15, 0.2) is 0 Å². The summed E-state index contributed by atoms with van der Waals surface area (Å²) in [6.45, 7) is 18.3. The molecular formula is C19H39NO3SiSn. The van der Waals surface area contributed by atoms with Gasteiger partial charge in [-0.1, -0.05) is 0 Å². The zero-order valence-corrected chi connectivity index (χ0v) is 22.1. The number of carbonyl (C=O) groups is 1. The van der Waals surface area contributed by atoms with Crippen molar-refractivity contribution in [2.45, 2.75) is 86.1 Å².